The van der Waals surface area contributed by atoms with Crippen LogP contribution in [0.15, 0.2) is 34.1 Å². The van der Waals surface area contributed by atoms with Gasteiger partial charge in [0.25, 0.3) is 0 Å². The van der Waals surface area contributed by atoms with Crippen molar-refractivity contribution >= 4 is 27.3 Å². The minimum Gasteiger partial charge on any atom is -0.312 e. The summed E-state index contributed by atoms with van der Waals surface area (Å²) in [6, 6.07) is 11.9. The second-order valence-corrected chi connectivity index (χ2v) is 8.78. The van der Waals surface area contributed by atoms with E-state index in [4.69, 9.17) is 0 Å². The minimum atomic E-state index is 0.501. The van der Waals surface area contributed by atoms with Crippen molar-refractivity contribution in [3.8, 4) is 0 Å². The number of rotatable bonds is 3. The first kappa shape index (κ1) is 14.0. The van der Waals surface area contributed by atoms with Crippen LogP contribution in [0.4, 0.5) is 0 Å². The van der Waals surface area contributed by atoms with Crippen LogP contribution < -0.4 is 5.32 Å². The van der Waals surface area contributed by atoms with E-state index >= 15 is 0 Å². The molecule has 1 aromatic heterocycles. The highest BCUT2D eigenvalue weighted by Gasteiger charge is 2.56. The Labute approximate surface area is 138 Å². The molecule has 4 rings (SSSR count). The molecule has 1 saturated carbocycles. The molecule has 1 nitrogen and oxygen atoms in total. The van der Waals surface area contributed by atoms with Gasteiger partial charge in [-0.2, -0.15) is 0 Å². The van der Waals surface area contributed by atoms with Crippen LogP contribution in [0.5, 0.6) is 0 Å². The summed E-state index contributed by atoms with van der Waals surface area (Å²) in [5.74, 6) is 2.41. The molecule has 2 aliphatic rings. The number of halogens is 1. The van der Waals surface area contributed by atoms with E-state index in [1.807, 2.05) is 11.3 Å². The molecule has 2 aliphatic carbocycles. The van der Waals surface area contributed by atoms with Crippen molar-refractivity contribution < 1.29 is 0 Å². The summed E-state index contributed by atoms with van der Waals surface area (Å²) < 4.78 is 1.28. The Morgan fingerprint density at radius 3 is 2.86 bits per heavy atom. The van der Waals surface area contributed by atoms with Crippen molar-refractivity contribution in [2.45, 2.75) is 31.7 Å². The zero-order valence-corrected chi connectivity index (χ0v) is 14.8. The van der Waals surface area contributed by atoms with Gasteiger partial charge in [0.05, 0.1) is 3.79 Å². The van der Waals surface area contributed by atoms with Gasteiger partial charge in [0.15, 0.2) is 0 Å². The number of hydrogen-bond acceptors (Lipinski definition) is 2. The number of thiophene rings is 1. The van der Waals surface area contributed by atoms with Gasteiger partial charge in [0.1, 0.15) is 0 Å². The molecular formula is C18H20BrNS. The van der Waals surface area contributed by atoms with Gasteiger partial charge in [-0.05, 0) is 83.3 Å². The summed E-state index contributed by atoms with van der Waals surface area (Å²) in [6.45, 7) is 2.19. The van der Waals surface area contributed by atoms with Gasteiger partial charge in [-0.3, -0.25) is 0 Å². The average Bonchev–Trinajstić information content (AvgIpc) is 3.13. The minimum absolute atomic E-state index is 0.501. The monoisotopic (exact) mass is 361 g/mol. The number of fused-ring (bicyclic) bond motifs is 3. The van der Waals surface area contributed by atoms with Crippen LogP contribution in [0.3, 0.4) is 0 Å². The molecule has 21 heavy (non-hydrogen) atoms. The second-order valence-electron chi connectivity index (χ2n) is 6.38. The van der Waals surface area contributed by atoms with Crippen LogP contribution in [0.1, 0.15) is 39.9 Å². The standard InChI is InChI=1S/C18H20BrNS/c1-10-9-14(21-18(10)19)17(20-2)16-13-8-7-11-5-3-4-6-12(11)15(13)16/h3-6,9,13,15-17,20H,7-8H2,1-2H3. The Balaban J connectivity index is 1.66. The third-order valence-electron chi connectivity index (χ3n) is 5.27. The van der Waals surface area contributed by atoms with Crippen LogP contribution in [-0.4, -0.2) is 7.05 Å². The molecule has 3 heteroatoms. The molecule has 4 atom stereocenters. The Morgan fingerprint density at radius 1 is 1.33 bits per heavy atom. The molecule has 1 heterocycles. The van der Waals surface area contributed by atoms with Gasteiger partial charge in [0, 0.05) is 10.9 Å². The number of nitrogens with one attached hydrogen (secondary N) is 1. The molecular weight excluding hydrogens is 342 g/mol. The Bertz CT molecular complexity index is 658. The molecule has 110 valence electrons. The predicted molar refractivity (Wildman–Crippen MR) is 93.0 cm³/mol. The van der Waals surface area contributed by atoms with Gasteiger partial charge in [-0.15, -0.1) is 11.3 Å². The van der Waals surface area contributed by atoms with Gasteiger partial charge >= 0.3 is 0 Å². The molecule has 0 bridgehead atoms. The molecule has 1 aromatic carbocycles. The first-order valence-electron chi connectivity index (χ1n) is 7.71. The van der Waals surface area contributed by atoms with E-state index in [0.717, 1.165) is 17.8 Å². The SMILES string of the molecule is CNC(c1cc(C)c(Br)s1)C1C2CCc3ccccc3C21. The highest BCUT2D eigenvalue weighted by atomic mass is 79.9. The Hall–Kier alpha value is -0.640. The third kappa shape index (κ3) is 2.21. The van der Waals surface area contributed by atoms with Crippen molar-refractivity contribution in [2.75, 3.05) is 7.05 Å². The Morgan fingerprint density at radius 2 is 2.14 bits per heavy atom. The van der Waals surface area contributed by atoms with Crippen molar-refractivity contribution in [3.05, 3.63) is 55.7 Å². The maximum absolute atomic E-state index is 3.68. The normalized spacial score (nSPS) is 27.9. The summed E-state index contributed by atoms with van der Waals surface area (Å²) >= 11 is 5.57. The van der Waals surface area contributed by atoms with E-state index in [1.54, 1.807) is 11.1 Å². The lowest BCUT2D eigenvalue weighted by Gasteiger charge is -2.15. The molecule has 4 unspecified atom stereocenters. The van der Waals surface area contributed by atoms with Gasteiger partial charge < -0.3 is 5.32 Å². The molecule has 0 radical (unpaired) electrons. The molecule has 1 N–H and O–H groups in total. The van der Waals surface area contributed by atoms with E-state index in [9.17, 15) is 0 Å². The smallest absolute Gasteiger partial charge is 0.0731 e. The zero-order chi connectivity index (χ0) is 14.6. The lowest BCUT2D eigenvalue weighted by Crippen LogP contribution is -2.18. The number of hydrogen-bond donors (Lipinski definition) is 1. The molecule has 0 spiro atoms. The zero-order valence-electron chi connectivity index (χ0n) is 12.4. The highest BCUT2D eigenvalue weighted by molar-refractivity contribution is 9.11. The van der Waals surface area contributed by atoms with Crippen molar-refractivity contribution in [2.24, 2.45) is 11.8 Å². The van der Waals surface area contributed by atoms with E-state index in [-0.39, 0.29) is 0 Å². The summed E-state index contributed by atoms with van der Waals surface area (Å²) in [5.41, 5.74) is 4.56. The van der Waals surface area contributed by atoms with Gasteiger partial charge in [-0.25, -0.2) is 0 Å². The fraction of sp³-hybridized carbons (Fsp3) is 0.444. The molecule has 2 aromatic rings. The summed E-state index contributed by atoms with van der Waals surface area (Å²) in [7, 11) is 2.11. The maximum Gasteiger partial charge on any atom is 0.0731 e. The molecule has 0 aliphatic heterocycles. The van der Waals surface area contributed by atoms with Crippen molar-refractivity contribution in [3.63, 3.8) is 0 Å². The van der Waals surface area contributed by atoms with E-state index < -0.39 is 0 Å². The van der Waals surface area contributed by atoms with Crippen LogP contribution in [0.25, 0.3) is 0 Å². The fourth-order valence-electron chi connectivity index (χ4n) is 4.24. The first-order valence-corrected chi connectivity index (χ1v) is 9.32. The van der Waals surface area contributed by atoms with E-state index in [0.29, 0.717) is 6.04 Å². The van der Waals surface area contributed by atoms with Gasteiger partial charge in [0.2, 0.25) is 0 Å². The first-order chi connectivity index (χ1) is 10.2. The van der Waals surface area contributed by atoms with E-state index in [1.165, 1.54) is 27.1 Å². The van der Waals surface area contributed by atoms with Gasteiger partial charge in [-0.1, -0.05) is 24.3 Å². The predicted octanol–water partition coefficient (Wildman–Crippen LogP) is 5.06. The maximum atomic E-state index is 3.68. The molecule has 0 amide bonds. The van der Waals surface area contributed by atoms with Crippen LogP contribution in [-0.2, 0) is 6.42 Å². The highest BCUT2D eigenvalue weighted by Crippen LogP contribution is 2.64. The molecule has 0 saturated heterocycles. The van der Waals surface area contributed by atoms with Crippen molar-refractivity contribution in [1.82, 2.24) is 5.32 Å². The fourth-order valence-corrected chi connectivity index (χ4v) is 5.98. The lowest BCUT2D eigenvalue weighted by molar-refractivity contribution is 0.491. The topological polar surface area (TPSA) is 12.0 Å². The lowest BCUT2D eigenvalue weighted by atomic mass is 9.92. The second kappa shape index (κ2) is 5.22. The van der Waals surface area contributed by atoms with Crippen molar-refractivity contribution in [1.29, 1.82) is 0 Å². The summed E-state index contributed by atoms with van der Waals surface area (Å²) in [6.07, 6.45) is 2.62. The van der Waals surface area contributed by atoms with Crippen LogP contribution in [0.2, 0.25) is 0 Å². The number of benzene rings is 1. The molecule has 1 fully saturated rings. The van der Waals surface area contributed by atoms with Crippen LogP contribution in [0, 0.1) is 18.8 Å². The average molecular weight is 362 g/mol. The quantitative estimate of drug-likeness (QED) is 0.805. The number of aryl methyl sites for hydroxylation is 2. The van der Waals surface area contributed by atoms with E-state index in [2.05, 4.69) is 65.5 Å². The Kier molecular flexibility index (Phi) is 3.48. The van der Waals surface area contributed by atoms with Crippen LogP contribution >= 0.6 is 27.3 Å². The summed E-state index contributed by atoms with van der Waals surface area (Å²) in [5, 5.41) is 3.60. The third-order valence-corrected chi connectivity index (χ3v) is 7.49. The summed E-state index contributed by atoms with van der Waals surface area (Å²) in [4.78, 5) is 1.48. The largest absolute Gasteiger partial charge is 0.312 e.